The normalized spacial score (nSPS) is 18.2. The fourth-order valence-corrected chi connectivity index (χ4v) is 3.04. The lowest BCUT2D eigenvalue weighted by Crippen LogP contribution is -2.15. The van der Waals surface area contributed by atoms with E-state index in [2.05, 4.69) is 0 Å². The van der Waals surface area contributed by atoms with E-state index in [4.69, 9.17) is 5.11 Å². The van der Waals surface area contributed by atoms with Gasteiger partial charge in [0.1, 0.15) is 0 Å². The standard InChI is InChI=1S/C16H16N2O4/c1-17-9-14(10-2-4-11(5-3-10)16(19)20)13-7-6-12(18(21)22)8-15(13)17/h2,6-9,11H,3-5H2,1H3,(H,19,20). The third kappa shape index (κ3) is 2.36. The first kappa shape index (κ1) is 14.3. The first-order chi connectivity index (χ1) is 10.5. The van der Waals surface area contributed by atoms with E-state index in [9.17, 15) is 14.9 Å². The molecule has 22 heavy (non-hydrogen) atoms. The molecule has 114 valence electrons. The Hall–Kier alpha value is -2.63. The molecule has 2 aromatic rings. The van der Waals surface area contributed by atoms with Crippen LogP contribution >= 0.6 is 0 Å². The Labute approximate surface area is 126 Å². The largest absolute Gasteiger partial charge is 0.481 e. The zero-order chi connectivity index (χ0) is 15.9. The molecule has 0 saturated heterocycles. The minimum absolute atomic E-state index is 0.0730. The van der Waals surface area contributed by atoms with Crippen LogP contribution in [0.5, 0.6) is 0 Å². The summed E-state index contributed by atoms with van der Waals surface area (Å²) in [7, 11) is 1.86. The van der Waals surface area contributed by atoms with Crippen LogP contribution in [0.25, 0.3) is 16.5 Å². The number of aryl methyl sites for hydroxylation is 1. The monoisotopic (exact) mass is 300 g/mol. The van der Waals surface area contributed by atoms with Crippen molar-refractivity contribution < 1.29 is 14.8 Å². The number of hydrogen-bond donors (Lipinski definition) is 1. The van der Waals surface area contributed by atoms with Crippen LogP contribution in [0.15, 0.2) is 30.5 Å². The van der Waals surface area contributed by atoms with Gasteiger partial charge in [0.05, 0.1) is 16.4 Å². The van der Waals surface area contributed by atoms with E-state index in [1.807, 2.05) is 23.9 Å². The van der Waals surface area contributed by atoms with Crippen molar-refractivity contribution in [2.24, 2.45) is 13.0 Å². The zero-order valence-electron chi connectivity index (χ0n) is 12.2. The number of nitro groups is 1. The third-order valence-corrected chi connectivity index (χ3v) is 4.29. The van der Waals surface area contributed by atoms with Crippen molar-refractivity contribution in [1.82, 2.24) is 4.57 Å². The number of rotatable bonds is 3. The van der Waals surface area contributed by atoms with Crippen molar-refractivity contribution in [3.63, 3.8) is 0 Å². The summed E-state index contributed by atoms with van der Waals surface area (Å²) in [5, 5.41) is 20.9. The molecule has 3 rings (SSSR count). The lowest BCUT2D eigenvalue weighted by Gasteiger charge is -2.18. The number of allylic oxidation sites excluding steroid dienone is 2. The molecule has 6 nitrogen and oxygen atoms in total. The van der Waals surface area contributed by atoms with Crippen LogP contribution in [0.3, 0.4) is 0 Å². The number of non-ortho nitro benzene ring substituents is 1. The maximum Gasteiger partial charge on any atom is 0.306 e. The number of fused-ring (bicyclic) bond motifs is 1. The Balaban J connectivity index is 2.02. The van der Waals surface area contributed by atoms with E-state index in [-0.39, 0.29) is 11.6 Å². The Morgan fingerprint density at radius 2 is 2.23 bits per heavy atom. The molecular weight excluding hydrogens is 284 g/mol. The highest BCUT2D eigenvalue weighted by molar-refractivity contribution is 5.94. The van der Waals surface area contributed by atoms with Crippen LogP contribution in [0, 0.1) is 16.0 Å². The van der Waals surface area contributed by atoms with Crippen molar-refractivity contribution in [2.75, 3.05) is 0 Å². The van der Waals surface area contributed by atoms with Gasteiger partial charge in [0.2, 0.25) is 0 Å². The van der Waals surface area contributed by atoms with Gasteiger partial charge in [-0.2, -0.15) is 0 Å². The first-order valence-electron chi connectivity index (χ1n) is 7.13. The Bertz CT molecular complexity index is 804. The van der Waals surface area contributed by atoms with Crippen LogP contribution in [-0.4, -0.2) is 20.6 Å². The highest BCUT2D eigenvalue weighted by atomic mass is 16.6. The van der Waals surface area contributed by atoms with Gasteiger partial charge in [-0.3, -0.25) is 14.9 Å². The van der Waals surface area contributed by atoms with Crippen LogP contribution in [-0.2, 0) is 11.8 Å². The number of carboxylic acid groups (broad SMARTS) is 1. The van der Waals surface area contributed by atoms with Gasteiger partial charge in [-0.05, 0) is 30.9 Å². The lowest BCUT2D eigenvalue weighted by atomic mass is 9.86. The fourth-order valence-electron chi connectivity index (χ4n) is 3.04. The summed E-state index contributed by atoms with van der Waals surface area (Å²) in [6, 6.07) is 4.85. The zero-order valence-corrected chi connectivity index (χ0v) is 12.2. The van der Waals surface area contributed by atoms with E-state index in [1.54, 1.807) is 12.1 Å². The van der Waals surface area contributed by atoms with Gasteiger partial charge in [0.15, 0.2) is 0 Å². The van der Waals surface area contributed by atoms with Crippen LogP contribution in [0.1, 0.15) is 24.8 Å². The molecule has 1 atom stereocenters. The SMILES string of the molecule is Cn1cc(C2=CCC(C(=O)O)CC2)c2ccc([N+](=O)[O-])cc21. The maximum absolute atomic E-state index is 11.0. The van der Waals surface area contributed by atoms with Crippen LogP contribution in [0.4, 0.5) is 5.69 Å². The van der Waals surface area contributed by atoms with Gasteiger partial charge < -0.3 is 9.67 Å². The number of nitrogens with zero attached hydrogens (tertiary/aromatic N) is 2. The summed E-state index contributed by atoms with van der Waals surface area (Å²) in [4.78, 5) is 21.5. The van der Waals surface area contributed by atoms with Gasteiger partial charge in [-0.25, -0.2) is 0 Å². The van der Waals surface area contributed by atoms with Crippen molar-refractivity contribution in [3.8, 4) is 0 Å². The number of aromatic nitrogens is 1. The molecule has 1 unspecified atom stereocenters. The van der Waals surface area contributed by atoms with E-state index in [0.29, 0.717) is 19.3 Å². The maximum atomic E-state index is 11.0. The predicted molar refractivity (Wildman–Crippen MR) is 82.5 cm³/mol. The highest BCUT2D eigenvalue weighted by Gasteiger charge is 2.23. The molecule has 1 heterocycles. The number of benzene rings is 1. The number of carboxylic acids is 1. The average Bonchev–Trinajstić information content (AvgIpc) is 2.84. The average molecular weight is 300 g/mol. The van der Waals surface area contributed by atoms with Crippen LogP contribution < -0.4 is 0 Å². The lowest BCUT2D eigenvalue weighted by molar-refractivity contribution is -0.384. The molecule has 0 aliphatic heterocycles. The van der Waals surface area contributed by atoms with E-state index in [0.717, 1.165) is 22.0 Å². The molecule has 0 fully saturated rings. The van der Waals surface area contributed by atoms with Crippen molar-refractivity contribution in [1.29, 1.82) is 0 Å². The van der Waals surface area contributed by atoms with Gasteiger partial charge in [0, 0.05) is 36.3 Å². The first-order valence-corrected chi connectivity index (χ1v) is 7.13. The predicted octanol–water partition coefficient (Wildman–Crippen LogP) is 3.35. The van der Waals surface area contributed by atoms with Gasteiger partial charge in [-0.15, -0.1) is 0 Å². The minimum Gasteiger partial charge on any atom is -0.481 e. The van der Waals surface area contributed by atoms with Crippen molar-refractivity contribution >= 4 is 28.1 Å². The number of carbonyl (C=O) groups is 1. The quantitative estimate of drug-likeness (QED) is 0.695. The topological polar surface area (TPSA) is 85.4 Å². The van der Waals surface area contributed by atoms with Gasteiger partial charge in [0.25, 0.3) is 5.69 Å². The summed E-state index contributed by atoms with van der Waals surface area (Å²) in [6.07, 6.45) is 5.82. The highest BCUT2D eigenvalue weighted by Crippen LogP contribution is 2.35. The number of aliphatic carboxylic acids is 1. The molecule has 1 aliphatic rings. The molecule has 1 aromatic carbocycles. The molecule has 0 amide bonds. The number of hydrogen-bond acceptors (Lipinski definition) is 3. The molecular formula is C16H16N2O4. The third-order valence-electron chi connectivity index (χ3n) is 4.29. The summed E-state index contributed by atoms with van der Waals surface area (Å²) < 4.78 is 1.88. The van der Waals surface area contributed by atoms with Crippen molar-refractivity contribution in [3.05, 3.63) is 46.1 Å². The second-order valence-corrected chi connectivity index (χ2v) is 5.65. The second-order valence-electron chi connectivity index (χ2n) is 5.65. The van der Waals surface area contributed by atoms with E-state index in [1.165, 1.54) is 6.07 Å². The molecule has 1 aromatic heterocycles. The molecule has 0 radical (unpaired) electrons. The summed E-state index contributed by atoms with van der Waals surface area (Å²) in [6.45, 7) is 0. The van der Waals surface area contributed by atoms with Gasteiger partial charge >= 0.3 is 5.97 Å². The Kier molecular flexibility index (Phi) is 3.44. The second kappa shape index (κ2) is 5.29. The van der Waals surface area contributed by atoms with Crippen LogP contribution in [0.2, 0.25) is 0 Å². The van der Waals surface area contributed by atoms with E-state index >= 15 is 0 Å². The molecule has 6 heteroatoms. The minimum atomic E-state index is -0.746. The fraction of sp³-hybridized carbons (Fsp3) is 0.312. The summed E-state index contributed by atoms with van der Waals surface area (Å²) >= 11 is 0. The van der Waals surface area contributed by atoms with Gasteiger partial charge in [-0.1, -0.05) is 6.08 Å². The Morgan fingerprint density at radius 1 is 1.45 bits per heavy atom. The smallest absolute Gasteiger partial charge is 0.306 e. The molecule has 1 aliphatic carbocycles. The van der Waals surface area contributed by atoms with Crippen molar-refractivity contribution in [2.45, 2.75) is 19.3 Å². The van der Waals surface area contributed by atoms with E-state index < -0.39 is 10.9 Å². The number of nitro benzene ring substituents is 1. The Morgan fingerprint density at radius 3 is 2.82 bits per heavy atom. The molecule has 0 bridgehead atoms. The molecule has 0 spiro atoms. The summed E-state index contributed by atoms with van der Waals surface area (Å²) in [5.41, 5.74) is 3.04. The molecule has 1 N–H and O–H groups in total. The summed E-state index contributed by atoms with van der Waals surface area (Å²) in [5.74, 6) is -1.05. The molecule has 0 saturated carbocycles.